The van der Waals surface area contributed by atoms with Crippen LogP contribution in [0.3, 0.4) is 0 Å². The summed E-state index contributed by atoms with van der Waals surface area (Å²) in [5.41, 5.74) is 1.83. The molecular formula is C19H23N3OS. The Kier molecular flexibility index (Phi) is 5.41. The molecule has 1 amide bonds. The molecule has 1 aliphatic heterocycles. The van der Waals surface area contributed by atoms with Crippen molar-refractivity contribution in [1.82, 2.24) is 10.3 Å². The largest absolute Gasteiger partial charge is 0.357 e. The number of hydrogen-bond acceptors (Lipinski definition) is 4. The molecule has 0 saturated carbocycles. The fourth-order valence-electron chi connectivity index (χ4n) is 2.99. The summed E-state index contributed by atoms with van der Waals surface area (Å²) in [7, 11) is 0. The third kappa shape index (κ3) is 3.56. The third-order valence-electron chi connectivity index (χ3n) is 4.36. The number of pyridine rings is 1. The first-order chi connectivity index (χ1) is 11.7. The Morgan fingerprint density at radius 1 is 1.25 bits per heavy atom. The van der Waals surface area contributed by atoms with E-state index in [1.54, 1.807) is 6.20 Å². The van der Waals surface area contributed by atoms with Gasteiger partial charge in [0.05, 0.1) is 11.6 Å². The minimum absolute atomic E-state index is 0.0553. The van der Waals surface area contributed by atoms with Crippen molar-refractivity contribution in [3.8, 4) is 0 Å². The van der Waals surface area contributed by atoms with E-state index in [4.69, 9.17) is 0 Å². The molecule has 1 aliphatic rings. The van der Waals surface area contributed by atoms with Crippen LogP contribution in [-0.4, -0.2) is 29.7 Å². The number of aromatic nitrogens is 1. The highest BCUT2D eigenvalue weighted by Gasteiger charge is 2.22. The third-order valence-corrected chi connectivity index (χ3v) is 5.48. The number of thioether (sulfide) groups is 1. The van der Waals surface area contributed by atoms with E-state index >= 15 is 0 Å². The number of benzene rings is 1. The molecule has 1 unspecified atom stereocenters. The molecule has 0 radical (unpaired) electrons. The maximum atomic E-state index is 12.6. The van der Waals surface area contributed by atoms with Gasteiger partial charge in [-0.1, -0.05) is 18.2 Å². The van der Waals surface area contributed by atoms with Gasteiger partial charge in [0, 0.05) is 29.9 Å². The lowest BCUT2D eigenvalue weighted by Crippen LogP contribution is -2.31. The Morgan fingerprint density at radius 2 is 2.04 bits per heavy atom. The lowest BCUT2D eigenvalue weighted by atomic mass is 10.0. The average molecular weight is 341 g/mol. The monoisotopic (exact) mass is 341 g/mol. The number of carbonyl (C=O) groups is 1. The van der Waals surface area contributed by atoms with Crippen LogP contribution >= 0.6 is 11.8 Å². The molecule has 3 rings (SSSR count). The average Bonchev–Trinajstić information content (AvgIpc) is 2.63. The fourth-order valence-corrected chi connectivity index (χ4v) is 4.11. The number of amides is 1. The Balaban J connectivity index is 1.72. The predicted molar refractivity (Wildman–Crippen MR) is 99.8 cm³/mol. The number of rotatable bonds is 5. The summed E-state index contributed by atoms with van der Waals surface area (Å²) in [6.07, 6.45) is 2.63. The number of hydrogen-bond donors (Lipinski definition) is 1. The minimum atomic E-state index is -0.0553. The van der Waals surface area contributed by atoms with E-state index in [0.717, 1.165) is 31.1 Å². The molecule has 2 heterocycles. The van der Waals surface area contributed by atoms with Crippen molar-refractivity contribution in [3.05, 3.63) is 53.7 Å². The van der Waals surface area contributed by atoms with E-state index in [-0.39, 0.29) is 11.9 Å². The molecule has 24 heavy (non-hydrogen) atoms. The fraction of sp³-hybridized carbons (Fsp3) is 0.368. The van der Waals surface area contributed by atoms with Crippen LogP contribution in [0.1, 0.15) is 42.2 Å². The summed E-state index contributed by atoms with van der Waals surface area (Å²) in [5.74, 6) is 1.89. The van der Waals surface area contributed by atoms with E-state index in [2.05, 4.69) is 41.2 Å². The van der Waals surface area contributed by atoms with Crippen LogP contribution in [0.4, 0.5) is 5.82 Å². The SMILES string of the molecule is CCN(CC)c1ccc(C(=O)NC2CCSc3ccccc32)cn1. The second-order valence-corrected chi connectivity index (χ2v) is 6.92. The zero-order chi connectivity index (χ0) is 16.9. The second-order valence-electron chi connectivity index (χ2n) is 5.78. The van der Waals surface area contributed by atoms with Gasteiger partial charge in [-0.25, -0.2) is 4.98 Å². The molecule has 1 atom stereocenters. The van der Waals surface area contributed by atoms with Crippen molar-refractivity contribution in [1.29, 1.82) is 0 Å². The summed E-state index contributed by atoms with van der Waals surface area (Å²) in [6, 6.07) is 12.2. The molecule has 5 heteroatoms. The van der Waals surface area contributed by atoms with Crippen molar-refractivity contribution in [2.24, 2.45) is 0 Å². The Morgan fingerprint density at radius 3 is 2.75 bits per heavy atom. The van der Waals surface area contributed by atoms with Crippen LogP contribution in [0.5, 0.6) is 0 Å². The highest BCUT2D eigenvalue weighted by atomic mass is 32.2. The smallest absolute Gasteiger partial charge is 0.253 e. The highest BCUT2D eigenvalue weighted by molar-refractivity contribution is 7.99. The molecule has 0 bridgehead atoms. The van der Waals surface area contributed by atoms with Crippen molar-refractivity contribution < 1.29 is 4.79 Å². The van der Waals surface area contributed by atoms with Crippen molar-refractivity contribution in [3.63, 3.8) is 0 Å². The maximum Gasteiger partial charge on any atom is 0.253 e. The van der Waals surface area contributed by atoms with Gasteiger partial charge in [0.2, 0.25) is 0 Å². The molecule has 4 nitrogen and oxygen atoms in total. The Labute approximate surface area is 147 Å². The molecule has 1 aromatic heterocycles. The number of carbonyl (C=O) groups excluding carboxylic acids is 1. The van der Waals surface area contributed by atoms with E-state index in [1.807, 2.05) is 36.0 Å². The quantitative estimate of drug-likeness (QED) is 0.896. The van der Waals surface area contributed by atoms with Gasteiger partial charge in [0.15, 0.2) is 0 Å². The van der Waals surface area contributed by atoms with Gasteiger partial charge >= 0.3 is 0 Å². The van der Waals surface area contributed by atoms with Crippen LogP contribution in [0.15, 0.2) is 47.5 Å². The van der Waals surface area contributed by atoms with E-state index < -0.39 is 0 Å². The molecule has 0 aliphatic carbocycles. The lowest BCUT2D eigenvalue weighted by molar-refractivity contribution is 0.0934. The molecule has 2 aromatic rings. The van der Waals surface area contributed by atoms with Crippen molar-refractivity contribution >= 4 is 23.5 Å². The summed E-state index contributed by atoms with van der Waals surface area (Å²) < 4.78 is 0. The van der Waals surface area contributed by atoms with Crippen LogP contribution in [0.25, 0.3) is 0 Å². The van der Waals surface area contributed by atoms with E-state index in [0.29, 0.717) is 5.56 Å². The Bertz CT molecular complexity index is 698. The van der Waals surface area contributed by atoms with Gasteiger partial charge in [0.1, 0.15) is 5.82 Å². The van der Waals surface area contributed by atoms with Gasteiger partial charge in [-0.3, -0.25) is 4.79 Å². The number of nitrogens with one attached hydrogen (secondary N) is 1. The molecular weight excluding hydrogens is 318 g/mol. The first kappa shape index (κ1) is 16.8. The van der Waals surface area contributed by atoms with Gasteiger partial charge < -0.3 is 10.2 Å². The first-order valence-electron chi connectivity index (χ1n) is 8.46. The summed E-state index contributed by atoms with van der Waals surface area (Å²) in [6.45, 7) is 6.02. The molecule has 1 aromatic carbocycles. The molecule has 1 N–H and O–H groups in total. The summed E-state index contributed by atoms with van der Waals surface area (Å²) in [5, 5.41) is 3.16. The van der Waals surface area contributed by atoms with Crippen LogP contribution in [0.2, 0.25) is 0 Å². The Hall–Kier alpha value is -2.01. The van der Waals surface area contributed by atoms with Gasteiger partial charge in [-0.2, -0.15) is 0 Å². The van der Waals surface area contributed by atoms with Crippen molar-refractivity contribution in [2.45, 2.75) is 31.2 Å². The first-order valence-corrected chi connectivity index (χ1v) is 9.45. The van der Waals surface area contributed by atoms with Crippen LogP contribution < -0.4 is 10.2 Å². The zero-order valence-corrected chi connectivity index (χ0v) is 15.0. The maximum absolute atomic E-state index is 12.6. The second kappa shape index (κ2) is 7.71. The standard InChI is InChI=1S/C19H23N3OS/c1-3-22(4-2)18-10-9-14(13-20-18)19(23)21-16-11-12-24-17-8-6-5-7-15(16)17/h5-10,13,16H,3-4,11-12H2,1-2H3,(H,21,23). The highest BCUT2D eigenvalue weighted by Crippen LogP contribution is 2.35. The van der Waals surface area contributed by atoms with Crippen molar-refractivity contribution in [2.75, 3.05) is 23.7 Å². The molecule has 0 spiro atoms. The van der Waals surface area contributed by atoms with Crippen LogP contribution in [0, 0.1) is 0 Å². The van der Waals surface area contributed by atoms with Gasteiger partial charge in [0.25, 0.3) is 5.91 Å². The molecule has 0 fully saturated rings. The van der Waals surface area contributed by atoms with E-state index in [9.17, 15) is 4.79 Å². The normalized spacial score (nSPS) is 16.3. The van der Waals surface area contributed by atoms with E-state index in [1.165, 1.54) is 10.5 Å². The summed E-state index contributed by atoms with van der Waals surface area (Å²) in [4.78, 5) is 20.4. The predicted octanol–water partition coefficient (Wildman–Crippen LogP) is 3.89. The minimum Gasteiger partial charge on any atom is -0.357 e. The summed E-state index contributed by atoms with van der Waals surface area (Å²) >= 11 is 1.86. The topological polar surface area (TPSA) is 45.2 Å². The number of fused-ring (bicyclic) bond motifs is 1. The van der Waals surface area contributed by atoms with Gasteiger partial charge in [-0.15, -0.1) is 11.8 Å². The zero-order valence-electron chi connectivity index (χ0n) is 14.2. The van der Waals surface area contributed by atoms with Gasteiger partial charge in [-0.05, 0) is 44.0 Å². The molecule has 0 saturated heterocycles. The number of nitrogens with zero attached hydrogens (tertiary/aromatic N) is 2. The van der Waals surface area contributed by atoms with Crippen LogP contribution in [-0.2, 0) is 0 Å². The lowest BCUT2D eigenvalue weighted by Gasteiger charge is -2.26. The molecule has 126 valence electrons. The number of anilines is 1.